The highest BCUT2D eigenvalue weighted by molar-refractivity contribution is 5.83. The first-order valence-corrected chi connectivity index (χ1v) is 10.2. The molecule has 2 saturated heterocycles. The minimum absolute atomic E-state index is 0.0860. The van der Waals surface area contributed by atoms with Crippen LogP contribution in [0.4, 0.5) is 4.79 Å². The molecular formula is C19H32N4O4. The molecule has 4 amide bonds. The number of nitrogens with two attached hydrogens (primary N) is 1. The quantitative estimate of drug-likeness (QED) is 0.754. The van der Waals surface area contributed by atoms with E-state index in [4.69, 9.17) is 10.5 Å². The van der Waals surface area contributed by atoms with Gasteiger partial charge in [-0.15, -0.1) is 0 Å². The monoisotopic (exact) mass is 380 g/mol. The number of hydrogen-bond donors (Lipinski definition) is 2. The van der Waals surface area contributed by atoms with Gasteiger partial charge < -0.3 is 25.6 Å². The number of carbonyl (C=O) groups excluding carboxylic acids is 3. The summed E-state index contributed by atoms with van der Waals surface area (Å²) in [5.41, 5.74) is 4.56. The molecule has 0 aromatic heterocycles. The summed E-state index contributed by atoms with van der Waals surface area (Å²) >= 11 is 0. The van der Waals surface area contributed by atoms with Gasteiger partial charge in [0.1, 0.15) is 0 Å². The lowest BCUT2D eigenvalue weighted by Crippen LogP contribution is -2.51. The number of carbonyl (C=O) groups is 3. The molecular weight excluding hydrogens is 348 g/mol. The summed E-state index contributed by atoms with van der Waals surface area (Å²) in [5, 5.41) is 2.33. The Balaban J connectivity index is 1.50. The zero-order valence-corrected chi connectivity index (χ0v) is 16.1. The predicted octanol–water partition coefficient (Wildman–Crippen LogP) is 0.845. The summed E-state index contributed by atoms with van der Waals surface area (Å²) in [6.07, 6.45) is 8.04. The Bertz CT molecular complexity index is 554. The van der Waals surface area contributed by atoms with Gasteiger partial charge in [-0.05, 0) is 31.6 Å². The van der Waals surface area contributed by atoms with Crippen molar-refractivity contribution in [1.29, 1.82) is 0 Å². The predicted molar refractivity (Wildman–Crippen MR) is 99.9 cm³/mol. The molecule has 3 fully saturated rings. The van der Waals surface area contributed by atoms with Gasteiger partial charge in [-0.25, -0.2) is 4.79 Å². The fourth-order valence-corrected chi connectivity index (χ4v) is 4.57. The molecule has 1 aliphatic carbocycles. The normalized spacial score (nSPS) is 23.9. The molecule has 152 valence electrons. The van der Waals surface area contributed by atoms with Crippen molar-refractivity contribution in [1.82, 2.24) is 15.1 Å². The van der Waals surface area contributed by atoms with Crippen LogP contribution in [0.5, 0.6) is 0 Å². The number of primary amides is 1. The largest absolute Gasteiger partial charge is 0.372 e. The van der Waals surface area contributed by atoms with Crippen LogP contribution in [0, 0.1) is 5.92 Å². The second-order valence-corrected chi connectivity index (χ2v) is 8.15. The van der Waals surface area contributed by atoms with Crippen molar-refractivity contribution in [2.75, 3.05) is 39.3 Å². The average Bonchev–Trinajstić information content (AvgIpc) is 2.80. The van der Waals surface area contributed by atoms with E-state index in [0.717, 1.165) is 6.54 Å². The van der Waals surface area contributed by atoms with Crippen LogP contribution in [0.25, 0.3) is 0 Å². The van der Waals surface area contributed by atoms with Gasteiger partial charge in [-0.3, -0.25) is 9.59 Å². The maximum atomic E-state index is 12.9. The number of urea groups is 1. The molecule has 0 atom stereocenters. The van der Waals surface area contributed by atoms with Gasteiger partial charge in [0, 0.05) is 26.2 Å². The molecule has 27 heavy (non-hydrogen) atoms. The highest BCUT2D eigenvalue weighted by Gasteiger charge is 2.41. The number of nitrogens with one attached hydrogen (secondary N) is 1. The summed E-state index contributed by atoms with van der Waals surface area (Å²) in [7, 11) is 0. The van der Waals surface area contributed by atoms with E-state index >= 15 is 0 Å². The molecule has 0 unspecified atom stereocenters. The Kier molecular flexibility index (Phi) is 6.57. The lowest BCUT2D eigenvalue weighted by atomic mass is 9.86. The molecule has 3 rings (SSSR count). The Labute approximate surface area is 160 Å². The number of piperidine rings is 1. The van der Waals surface area contributed by atoms with E-state index < -0.39 is 11.6 Å². The van der Waals surface area contributed by atoms with Crippen LogP contribution >= 0.6 is 0 Å². The zero-order valence-electron chi connectivity index (χ0n) is 16.1. The van der Waals surface area contributed by atoms with E-state index in [1.54, 1.807) is 4.90 Å². The lowest BCUT2D eigenvalue weighted by Gasteiger charge is -2.40. The van der Waals surface area contributed by atoms with E-state index in [1.807, 2.05) is 4.90 Å². The first kappa shape index (κ1) is 19.9. The van der Waals surface area contributed by atoms with Crippen molar-refractivity contribution in [3.8, 4) is 0 Å². The third-order valence-corrected chi connectivity index (χ3v) is 6.24. The van der Waals surface area contributed by atoms with Crippen molar-refractivity contribution in [3.05, 3.63) is 0 Å². The van der Waals surface area contributed by atoms with Gasteiger partial charge in [-0.2, -0.15) is 0 Å². The molecule has 0 bridgehead atoms. The van der Waals surface area contributed by atoms with E-state index in [1.165, 1.54) is 32.1 Å². The molecule has 0 radical (unpaired) electrons. The Morgan fingerprint density at radius 2 is 1.85 bits per heavy atom. The second-order valence-electron chi connectivity index (χ2n) is 8.15. The van der Waals surface area contributed by atoms with E-state index in [9.17, 15) is 14.4 Å². The second kappa shape index (κ2) is 8.91. The van der Waals surface area contributed by atoms with Gasteiger partial charge >= 0.3 is 6.03 Å². The number of ether oxygens (including phenoxy) is 1. The highest BCUT2D eigenvalue weighted by atomic mass is 16.5. The molecule has 0 aromatic rings. The first-order valence-electron chi connectivity index (χ1n) is 10.2. The number of rotatable bonds is 4. The third-order valence-electron chi connectivity index (χ3n) is 6.24. The van der Waals surface area contributed by atoms with Crippen molar-refractivity contribution < 1.29 is 19.1 Å². The Morgan fingerprint density at radius 1 is 1.15 bits per heavy atom. The minimum atomic E-state index is -0.701. The fourth-order valence-electron chi connectivity index (χ4n) is 4.57. The molecule has 8 heteroatoms. The van der Waals surface area contributed by atoms with Crippen LogP contribution in [0.1, 0.15) is 51.4 Å². The van der Waals surface area contributed by atoms with Gasteiger partial charge in [0.2, 0.25) is 11.8 Å². The summed E-state index contributed by atoms with van der Waals surface area (Å²) in [5.74, 6) is 0.671. The van der Waals surface area contributed by atoms with Crippen LogP contribution in [0.3, 0.4) is 0 Å². The summed E-state index contributed by atoms with van der Waals surface area (Å²) in [6.45, 7) is 3.08. The fraction of sp³-hybridized carbons (Fsp3) is 0.842. The van der Waals surface area contributed by atoms with E-state index in [0.29, 0.717) is 51.4 Å². The lowest BCUT2D eigenvalue weighted by molar-refractivity contribution is -0.140. The molecule has 8 nitrogen and oxygen atoms in total. The molecule has 3 N–H and O–H groups in total. The van der Waals surface area contributed by atoms with Crippen LogP contribution < -0.4 is 11.1 Å². The van der Waals surface area contributed by atoms with E-state index in [2.05, 4.69) is 5.32 Å². The first-order chi connectivity index (χ1) is 13.0. The molecule has 2 aliphatic heterocycles. The Morgan fingerprint density at radius 3 is 2.52 bits per heavy atom. The van der Waals surface area contributed by atoms with Crippen molar-refractivity contribution >= 4 is 17.8 Å². The molecule has 2 heterocycles. The highest BCUT2D eigenvalue weighted by Crippen LogP contribution is 2.33. The van der Waals surface area contributed by atoms with Gasteiger partial charge in [0.15, 0.2) is 0 Å². The topological polar surface area (TPSA) is 105 Å². The van der Waals surface area contributed by atoms with Crippen molar-refractivity contribution in [2.24, 2.45) is 11.7 Å². The molecule has 1 spiro atoms. The maximum Gasteiger partial charge on any atom is 0.312 e. The summed E-state index contributed by atoms with van der Waals surface area (Å²) in [6, 6.07) is -0.701. The Hall–Kier alpha value is -1.83. The molecule has 3 aliphatic rings. The van der Waals surface area contributed by atoms with Crippen molar-refractivity contribution in [2.45, 2.75) is 57.0 Å². The smallest absolute Gasteiger partial charge is 0.312 e. The molecule has 1 saturated carbocycles. The number of hydrogen-bond acceptors (Lipinski definition) is 4. The van der Waals surface area contributed by atoms with E-state index in [-0.39, 0.29) is 18.4 Å². The minimum Gasteiger partial charge on any atom is -0.372 e. The van der Waals surface area contributed by atoms with Crippen LogP contribution in [-0.2, 0) is 14.3 Å². The van der Waals surface area contributed by atoms with Gasteiger partial charge in [-0.1, -0.05) is 19.3 Å². The van der Waals surface area contributed by atoms with Crippen LogP contribution in [0.2, 0.25) is 0 Å². The van der Waals surface area contributed by atoms with Crippen LogP contribution in [0.15, 0.2) is 0 Å². The van der Waals surface area contributed by atoms with Crippen molar-refractivity contribution in [3.63, 3.8) is 0 Å². The van der Waals surface area contributed by atoms with Gasteiger partial charge in [0.05, 0.1) is 25.2 Å². The van der Waals surface area contributed by atoms with Gasteiger partial charge in [0.25, 0.3) is 0 Å². The third kappa shape index (κ3) is 5.34. The summed E-state index contributed by atoms with van der Waals surface area (Å²) in [4.78, 5) is 39.4. The average molecular weight is 380 g/mol. The standard InChI is InChI=1S/C19H32N4O4/c20-18(26)21-13-17(25)22-8-6-19(7-9-22)12-16(24)23(10-11-27-19)14-15-4-2-1-3-5-15/h15H,1-14H2,(H3,20,21,26). The number of nitrogens with zero attached hydrogens (tertiary/aromatic N) is 2. The number of amides is 4. The number of likely N-dealkylation sites (tertiary alicyclic amines) is 1. The SMILES string of the molecule is NC(=O)NCC(=O)N1CCC2(CC1)CC(=O)N(CC1CCCCC1)CCO2. The molecule has 0 aromatic carbocycles. The maximum absolute atomic E-state index is 12.9. The van der Waals surface area contributed by atoms with Crippen LogP contribution in [-0.4, -0.2) is 72.6 Å². The zero-order chi connectivity index (χ0) is 19.3. The summed E-state index contributed by atoms with van der Waals surface area (Å²) < 4.78 is 6.16.